The van der Waals surface area contributed by atoms with Gasteiger partial charge < -0.3 is 4.74 Å². The number of benzene rings is 9. The molecule has 0 saturated heterocycles. The van der Waals surface area contributed by atoms with Crippen LogP contribution >= 0.6 is 0 Å². The largest absolute Gasteiger partial charge is 0.416 e. The SMILES string of the molecule is FC(F)(F)c1cc([B-](c2cc(C(F)(F)F)cc(C(F)(F)F)c2)(c2cc(C(F)(F)F)cc(C(F)(F)F)c2)c2cc(C(F)(F)F)cc(C(F)(F)F)c2)cc(C(F)(F)F)c1.O=C(C[n+]1c(Oc2cc3ccccc3c3ccccc23)ccc2ccccc21)c1ccccc1. The molecule has 0 bridgehead atoms. The van der Waals surface area contributed by atoms with Gasteiger partial charge in [0.05, 0.1) is 50.6 Å². The number of aromatic nitrogens is 1. The van der Waals surface area contributed by atoms with Gasteiger partial charge in [0, 0.05) is 22.4 Å². The first-order valence-electron chi connectivity index (χ1n) is 26.0. The van der Waals surface area contributed by atoms with Gasteiger partial charge in [-0.05, 0) is 58.6 Å². The van der Waals surface area contributed by atoms with Crippen molar-refractivity contribution in [3.63, 3.8) is 0 Å². The molecule has 0 N–H and O–H groups in total. The highest BCUT2D eigenvalue weighted by atomic mass is 19.4. The molecule has 0 saturated carbocycles. The Morgan fingerprint density at radius 1 is 0.319 bits per heavy atom. The van der Waals surface area contributed by atoms with E-state index < -0.39 is 195 Å². The molecule has 0 spiro atoms. The van der Waals surface area contributed by atoms with Crippen molar-refractivity contribution in [1.29, 1.82) is 0 Å². The second-order valence-electron chi connectivity index (χ2n) is 20.6. The smallest absolute Gasteiger partial charge is 0.404 e. The van der Waals surface area contributed by atoms with Gasteiger partial charge in [-0.3, -0.25) is 4.79 Å². The minimum absolute atomic E-state index is 0.0372. The first-order chi connectivity index (χ1) is 42.0. The summed E-state index contributed by atoms with van der Waals surface area (Å²) in [5, 5.41) is 5.54. The van der Waals surface area contributed by atoms with Crippen molar-refractivity contribution < 1.29 is 119 Å². The molecule has 10 rings (SSSR count). The number of ether oxygens (including phenoxy) is 1. The van der Waals surface area contributed by atoms with E-state index in [0.717, 1.165) is 32.8 Å². The van der Waals surface area contributed by atoms with Gasteiger partial charge in [-0.25, -0.2) is 0 Å². The van der Waals surface area contributed by atoms with Crippen molar-refractivity contribution in [1.82, 2.24) is 0 Å². The second-order valence-corrected chi connectivity index (χ2v) is 20.6. The molecule has 0 radical (unpaired) electrons. The van der Waals surface area contributed by atoms with Crippen molar-refractivity contribution >= 4 is 66.2 Å². The summed E-state index contributed by atoms with van der Waals surface area (Å²) < 4.78 is 349. The highest BCUT2D eigenvalue weighted by molar-refractivity contribution is 7.20. The van der Waals surface area contributed by atoms with Gasteiger partial charge >= 0.3 is 55.3 Å². The Morgan fingerprint density at radius 2 is 0.626 bits per heavy atom. The van der Waals surface area contributed by atoms with Gasteiger partial charge in [0.2, 0.25) is 17.8 Å². The number of carbonyl (C=O) groups excluding carboxylic acids is 1. The Labute approximate surface area is 496 Å². The highest BCUT2D eigenvalue weighted by Crippen LogP contribution is 2.43. The van der Waals surface area contributed by atoms with Gasteiger partial charge in [0.1, 0.15) is 11.9 Å². The van der Waals surface area contributed by atoms with Crippen LogP contribution in [-0.2, 0) is 56.0 Å². The van der Waals surface area contributed by atoms with Crippen molar-refractivity contribution in [3.8, 4) is 11.6 Å². The van der Waals surface area contributed by atoms with Crippen molar-refractivity contribution in [3.05, 3.63) is 244 Å². The molecule has 1 heterocycles. The van der Waals surface area contributed by atoms with Crippen molar-refractivity contribution in [2.45, 2.75) is 56.0 Å². The van der Waals surface area contributed by atoms with E-state index >= 15 is 0 Å². The minimum Gasteiger partial charge on any atom is -0.404 e. The Balaban J connectivity index is 0.000000242. The maximum atomic E-state index is 14.2. The van der Waals surface area contributed by atoms with E-state index in [9.17, 15) is 110 Å². The molecular weight excluding hydrogens is 1270 g/mol. The van der Waals surface area contributed by atoms with Crippen LogP contribution in [0.3, 0.4) is 0 Å². The molecule has 0 amide bonds. The molecule has 0 aliphatic heterocycles. The maximum Gasteiger partial charge on any atom is 0.416 e. The average Bonchev–Trinajstić information content (AvgIpc) is 0.722. The zero-order valence-corrected chi connectivity index (χ0v) is 45.1. The summed E-state index contributed by atoms with van der Waals surface area (Å²) in [6.45, 7) is 0.187. The second kappa shape index (κ2) is 23.5. The predicted octanol–water partition coefficient (Wildman–Crippen LogP) is 18.3. The van der Waals surface area contributed by atoms with Crippen LogP contribution < -0.4 is 31.2 Å². The third-order valence-electron chi connectivity index (χ3n) is 14.7. The number of Topliss-reactive ketones (excluding diaryl/α,β-unsaturated/α-hetero) is 1. The number of carbonyl (C=O) groups is 1. The standard InChI is InChI=1S/C32H12BF24.C31H22NO2/c34-25(35,36)13-1-14(26(37,38)39)6-21(5-13)33(22-7-15(27(40,41)42)2-16(8-22)28(43,44)45,23-9-17(29(46,47)48)3-18(10-23)30(49,50)51)24-11-19(31(52,53)54)4-20(12-24)32(55,56)57;33-29(23-11-2-1-3-12-23)21-32-28-17-9-5-10-22(28)18-19-31(32)34-30-20-24-13-4-6-14-25(24)26-15-7-8-16-27(26)30/h1-12H;1-20H,21H2/q-1;+1. The minimum atomic E-state index is -6.13. The number of hydrogen-bond donors (Lipinski definition) is 0. The number of nitrogens with zero attached hydrogens (tertiary/aromatic N) is 1. The van der Waals surface area contributed by atoms with E-state index in [1.807, 2.05) is 89.5 Å². The van der Waals surface area contributed by atoms with Crippen molar-refractivity contribution in [2.75, 3.05) is 0 Å². The van der Waals surface area contributed by atoms with Crippen LogP contribution in [0, 0.1) is 0 Å². The van der Waals surface area contributed by atoms with Gasteiger partial charge in [0.25, 0.3) is 0 Å². The zero-order chi connectivity index (χ0) is 66.8. The maximum absolute atomic E-state index is 14.2. The van der Waals surface area contributed by atoms with E-state index in [2.05, 4.69) is 36.4 Å². The zero-order valence-electron chi connectivity index (χ0n) is 45.1. The summed E-state index contributed by atoms with van der Waals surface area (Å²) in [6.07, 6.45) is -54.8. The van der Waals surface area contributed by atoms with Crippen LogP contribution in [0.2, 0.25) is 0 Å². The lowest BCUT2D eigenvalue weighted by atomic mass is 9.12. The summed E-state index contributed by atoms with van der Waals surface area (Å²) in [5.74, 6) is 1.43. The molecule has 0 aliphatic carbocycles. The first-order valence-corrected chi connectivity index (χ1v) is 26.0. The molecule has 10 aromatic rings. The fourth-order valence-electron chi connectivity index (χ4n) is 10.6. The highest BCUT2D eigenvalue weighted by Gasteiger charge is 2.47. The lowest BCUT2D eigenvalue weighted by Crippen LogP contribution is -2.75. The number of halogens is 24. The van der Waals surface area contributed by atoms with Crippen LogP contribution in [0.25, 0.3) is 32.4 Å². The lowest BCUT2D eigenvalue weighted by molar-refractivity contribution is -0.661. The molecule has 0 fully saturated rings. The third-order valence-corrected chi connectivity index (χ3v) is 14.7. The molecular formula is C63H34BF24NO2. The molecule has 9 aromatic carbocycles. The summed E-state index contributed by atoms with van der Waals surface area (Å²) in [7, 11) is 0. The predicted molar refractivity (Wildman–Crippen MR) is 287 cm³/mol. The molecule has 0 aliphatic rings. The molecule has 28 heteroatoms. The number of fused-ring (bicyclic) bond motifs is 4. The Morgan fingerprint density at radius 3 is 0.989 bits per heavy atom. The van der Waals surface area contributed by atoms with Gasteiger partial charge in [0.15, 0.2) is 0 Å². The molecule has 0 unspecified atom stereocenters. The van der Waals surface area contributed by atoms with Gasteiger partial charge in [-0.1, -0.05) is 140 Å². The van der Waals surface area contributed by atoms with E-state index in [-0.39, 0.29) is 12.3 Å². The number of alkyl halides is 24. The molecule has 0 atom stereocenters. The normalized spacial score (nSPS) is 13.1. The Hall–Kier alpha value is -9.24. The summed E-state index contributed by atoms with van der Waals surface area (Å²) in [6, 6.07) is 31.3. The Bertz CT molecular complexity index is 3950. The van der Waals surface area contributed by atoms with E-state index in [0.29, 0.717) is 11.4 Å². The van der Waals surface area contributed by atoms with Crippen LogP contribution in [0.15, 0.2) is 194 Å². The third kappa shape index (κ3) is 14.1. The van der Waals surface area contributed by atoms with Crippen LogP contribution in [0.5, 0.6) is 11.6 Å². The van der Waals surface area contributed by atoms with Gasteiger partial charge in [-0.15, -0.1) is 0 Å². The average molecular weight is 1300 g/mol. The van der Waals surface area contributed by atoms with E-state index in [1.165, 1.54) is 5.39 Å². The van der Waals surface area contributed by atoms with E-state index in [4.69, 9.17) is 4.74 Å². The Kier molecular flexibility index (Phi) is 17.1. The summed E-state index contributed by atoms with van der Waals surface area (Å²) in [5.41, 5.74) is -28.6. The van der Waals surface area contributed by atoms with Crippen LogP contribution in [-0.4, -0.2) is 11.9 Å². The topological polar surface area (TPSA) is 30.2 Å². The molecule has 91 heavy (non-hydrogen) atoms. The molecule has 474 valence electrons. The number of hydrogen-bond acceptors (Lipinski definition) is 2. The molecule has 3 nitrogen and oxygen atoms in total. The lowest BCUT2D eigenvalue weighted by Gasteiger charge is -2.46. The van der Waals surface area contributed by atoms with Crippen LogP contribution in [0.1, 0.15) is 54.9 Å². The monoisotopic (exact) mass is 1300 g/mol. The number of rotatable bonds is 9. The number of para-hydroxylation sites is 1. The van der Waals surface area contributed by atoms with Crippen LogP contribution in [0.4, 0.5) is 105 Å². The number of pyridine rings is 1. The van der Waals surface area contributed by atoms with Gasteiger partial charge in [-0.2, -0.15) is 132 Å². The van der Waals surface area contributed by atoms with Crippen molar-refractivity contribution in [2.24, 2.45) is 0 Å². The fraction of sp³-hybridized carbons (Fsp3) is 0.143. The number of ketones is 1. The summed E-state index contributed by atoms with van der Waals surface area (Å²) in [4.78, 5) is 13.2. The summed E-state index contributed by atoms with van der Waals surface area (Å²) >= 11 is 0. The first kappa shape index (κ1) is 66.2. The van der Waals surface area contributed by atoms with E-state index in [1.54, 1.807) is 0 Å². The molecule has 1 aromatic heterocycles. The fourth-order valence-corrected chi connectivity index (χ4v) is 10.6. The quantitative estimate of drug-likeness (QED) is 0.0474.